The van der Waals surface area contributed by atoms with Crippen molar-refractivity contribution in [2.75, 3.05) is 0 Å². The van der Waals surface area contributed by atoms with Crippen LogP contribution in [0.2, 0.25) is 0 Å². The van der Waals surface area contributed by atoms with Crippen molar-refractivity contribution in [3.05, 3.63) is 66.5 Å². The van der Waals surface area contributed by atoms with Gasteiger partial charge in [-0.1, -0.05) is 18.2 Å². The van der Waals surface area contributed by atoms with Gasteiger partial charge in [0.15, 0.2) is 5.82 Å². The lowest BCUT2D eigenvalue weighted by molar-refractivity contribution is 0.947. The third kappa shape index (κ3) is 2.19. The molecule has 112 valence electrons. The highest BCUT2D eigenvalue weighted by atomic mass is 15.1. The smallest absolute Gasteiger partial charge is 0.159 e. The van der Waals surface area contributed by atoms with E-state index in [1.807, 2.05) is 61.9 Å². The summed E-state index contributed by atoms with van der Waals surface area (Å²) < 4.78 is 2.09. The third-order valence-corrected chi connectivity index (χ3v) is 4.14. The van der Waals surface area contributed by atoms with Crippen LogP contribution in [0.5, 0.6) is 0 Å². The minimum Gasteiger partial charge on any atom is -0.326 e. The van der Waals surface area contributed by atoms with E-state index in [1.54, 1.807) is 0 Å². The van der Waals surface area contributed by atoms with Crippen LogP contribution in [0.1, 0.15) is 5.56 Å². The Morgan fingerprint density at radius 1 is 0.870 bits per heavy atom. The first-order chi connectivity index (χ1) is 11.3. The molecular formula is C19H16N4. The zero-order valence-electron chi connectivity index (χ0n) is 13.1. The fraction of sp³-hybridized carbons (Fsp3) is 0.105. The summed E-state index contributed by atoms with van der Waals surface area (Å²) in [5, 5.41) is 0. The van der Waals surface area contributed by atoms with E-state index in [2.05, 4.69) is 27.5 Å². The predicted molar refractivity (Wildman–Crippen MR) is 91.9 cm³/mol. The maximum atomic E-state index is 4.76. The number of nitrogens with zero attached hydrogens (tertiary/aromatic N) is 4. The van der Waals surface area contributed by atoms with Crippen molar-refractivity contribution < 1.29 is 0 Å². The average Bonchev–Trinajstić information content (AvgIpc) is 2.93. The van der Waals surface area contributed by atoms with Gasteiger partial charge in [-0.3, -0.25) is 9.97 Å². The predicted octanol–water partition coefficient (Wildman–Crippen LogP) is 4.01. The monoisotopic (exact) mass is 300 g/mol. The zero-order chi connectivity index (χ0) is 15.8. The molecule has 0 saturated heterocycles. The Morgan fingerprint density at radius 2 is 1.70 bits per heavy atom. The van der Waals surface area contributed by atoms with Gasteiger partial charge in [-0.25, -0.2) is 4.98 Å². The molecule has 3 aromatic heterocycles. The SMILES string of the molecule is Cc1c(-c2ccccn2)ccnc1-c1nc2ccccc2n1C. The lowest BCUT2D eigenvalue weighted by Gasteiger charge is -2.10. The number of benzene rings is 1. The Kier molecular flexibility index (Phi) is 3.15. The highest BCUT2D eigenvalue weighted by molar-refractivity contribution is 5.81. The maximum Gasteiger partial charge on any atom is 0.159 e. The molecule has 0 atom stereocenters. The van der Waals surface area contributed by atoms with Crippen molar-refractivity contribution in [2.45, 2.75) is 6.92 Å². The Labute approximate surface area is 134 Å². The van der Waals surface area contributed by atoms with E-state index in [4.69, 9.17) is 4.98 Å². The van der Waals surface area contributed by atoms with Crippen LogP contribution in [0.4, 0.5) is 0 Å². The third-order valence-electron chi connectivity index (χ3n) is 4.14. The fourth-order valence-electron chi connectivity index (χ4n) is 2.92. The van der Waals surface area contributed by atoms with Crippen molar-refractivity contribution in [1.29, 1.82) is 0 Å². The van der Waals surface area contributed by atoms with E-state index in [0.29, 0.717) is 0 Å². The van der Waals surface area contributed by atoms with Gasteiger partial charge >= 0.3 is 0 Å². The van der Waals surface area contributed by atoms with Gasteiger partial charge in [0.2, 0.25) is 0 Å². The molecule has 0 aliphatic heterocycles. The summed E-state index contributed by atoms with van der Waals surface area (Å²) in [5.74, 6) is 0.876. The highest BCUT2D eigenvalue weighted by Gasteiger charge is 2.15. The fourth-order valence-corrected chi connectivity index (χ4v) is 2.92. The minimum absolute atomic E-state index is 0.876. The van der Waals surface area contributed by atoms with Crippen molar-refractivity contribution >= 4 is 11.0 Å². The molecule has 23 heavy (non-hydrogen) atoms. The first-order valence-electron chi connectivity index (χ1n) is 7.54. The largest absolute Gasteiger partial charge is 0.326 e. The van der Waals surface area contributed by atoms with E-state index < -0.39 is 0 Å². The molecule has 3 heterocycles. The molecule has 4 nitrogen and oxygen atoms in total. The maximum absolute atomic E-state index is 4.76. The molecule has 0 aliphatic carbocycles. The molecule has 0 N–H and O–H groups in total. The van der Waals surface area contributed by atoms with Gasteiger partial charge in [0.05, 0.1) is 16.7 Å². The molecular weight excluding hydrogens is 284 g/mol. The quantitative estimate of drug-likeness (QED) is 0.562. The highest BCUT2D eigenvalue weighted by Crippen LogP contribution is 2.29. The van der Waals surface area contributed by atoms with Gasteiger partial charge in [0, 0.05) is 25.0 Å². The summed E-state index contributed by atoms with van der Waals surface area (Å²) in [6.07, 6.45) is 3.63. The average molecular weight is 300 g/mol. The summed E-state index contributed by atoms with van der Waals surface area (Å²) >= 11 is 0. The molecule has 0 radical (unpaired) electrons. The van der Waals surface area contributed by atoms with Crippen LogP contribution in [-0.4, -0.2) is 19.5 Å². The first kappa shape index (κ1) is 13.6. The summed E-state index contributed by atoms with van der Waals surface area (Å²) in [6.45, 7) is 2.08. The molecule has 0 bridgehead atoms. The Hall–Kier alpha value is -3.01. The van der Waals surface area contributed by atoms with Crippen molar-refractivity contribution in [3.8, 4) is 22.8 Å². The molecule has 0 unspecified atom stereocenters. The molecule has 0 saturated carbocycles. The first-order valence-corrected chi connectivity index (χ1v) is 7.54. The summed E-state index contributed by atoms with van der Waals surface area (Å²) in [4.78, 5) is 13.8. The molecule has 0 amide bonds. The second-order valence-electron chi connectivity index (χ2n) is 5.53. The minimum atomic E-state index is 0.876. The van der Waals surface area contributed by atoms with Crippen LogP contribution >= 0.6 is 0 Å². The molecule has 0 fully saturated rings. The van der Waals surface area contributed by atoms with Crippen molar-refractivity contribution in [1.82, 2.24) is 19.5 Å². The second-order valence-corrected chi connectivity index (χ2v) is 5.53. The zero-order valence-corrected chi connectivity index (χ0v) is 13.1. The number of aryl methyl sites for hydroxylation is 1. The van der Waals surface area contributed by atoms with Gasteiger partial charge < -0.3 is 4.57 Å². The van der Waals surface area contributed by atoms with E-state index in [-0.39, 0.29) is 0 Å². The number of aromatic nitrogens is 4. The van der Waals surface area contributed by atoms with Gasteiger partial charge in [-0.05, 0) is 42.8 Å². The summed E-state index contributed by atoms with van der Waals surface area (Å²) in [6, 6.07) is 16.1. The van der Waals surface area contributed by atoms with Gasteiger partial charge in [-0.2, -0.15) is 0 Å². The number of pyridine rings is 2. The van der Waals surface area contributed by atoms with Gasteiger partial charge in [0.1, 0.15) is 5.69 Å². The van der Waals surface area contributed by atoms with Crippen LogP contribution < -0.4 is 0 Å². The molecule has 4 aromatic rings. The van der Waals surface area contributed by atoms with Crippen molar-refractivity contribution in [3.63, 3.8) is 0 Å². The topological polar surface area (TPSA) is 43.6 Å². The number of rotatable bonds is 2. The lowest BCUT2D eigenvalue weighted by atomic mass is 10.0. The molecule has 0 aliphatic rings. The van der Waals surface area contributed by atoms with Gasteiger partial charge in [0.25, 0.3) is 0 Å². The van der Waals surface area contributed by atoms with E-state index in [9.17, 15) is 0 Å². The normalized spacial score (nSPS) is 11.0. The van der Waals surface area contributed by atoms with Crippen LogP contribution in [0.3, 0.4) is 0 Å². The Bertz CT molecular complexity index is 987. The van der Waals surface area contributed by atoms with Crippen LogP contribution in [0.15, 0.2) is 60.9 Å². The Morgan fingerprint density at radius 3 is 2.48 bits per heavy atom. The molecule has 0 spiro atoms. The standard InChI is InChI=1S/C19H16N4/c1-13-14(15-7-5-6-11-20-15)10-12-21-18(13)19-22-16-8-3-4-9-17(16)23(19)2/h3-12H,1-2H3. The number of hydrogen-bond donors (Lipinski definition) is 0. The number of imidazole rings is 1. The second kappa shape index (κ2) is 5.32. The lowest BCUT2D eigenvalue weighted by Crippen LogP contribution is -1.99. The van der Waals surface area contributed by atoms with E-state index >= 15 is 0 Å². The Balaban J connectivity index is 1.94. The van der Waals surface area contributed by atoms with E-state index in [1.165, 1.54) is 0 Å². The van der Waals surface area contributed by atoms with Crippen molar-refractivity contribution in [2.24, 2.45) is 7.05 Å². The number of para-hydroxylation sites is 2. The molecule has 1 aromatic carbocycles. The van der Waals surface area contributed by atoms with E-state index in [0.717, 1.165) is 39.4 Å². The number of fused-ring (bicyclic) bond motifs is 1. The molecule has 4 heteroatoms. The molecule has 4 rings (SSSR count). The number of hydrogen-bond acceptors (Lipinski definition) is 3. The van der Waals surface area contributed by atoms with Crippen LogP contribution in [-0.2, 0) is 7.05 Å². The summed E-state index contributed by atoms with van der Waals surface area (Å²) in [5.41, 5.74) is 6.10. The summed E-state index contributed by atoms with van der Waals surface area (Å²) in [7, 11) is 2.03. The van der Waals surface area contributed by atoms with Gasteiger partial charge in [-0.15, -0.1) is 0 Å². The van der Waals surface area contributed by atoms with Crippen LogP contribution in [0.25, 0.3) is 33.8 Å². The van der Waals surface area contributed by atoms with Crippen LogP contribution in [0, 0.1) is 6.92 Å².